The van der Waals surface area contributed by atoms with Crippen LogP contribution in [0.15, 0.2) is 83.0 Å². The smallest absolute Gasteiger partial charge is 0.331 e. The van der Waals surface area contributed by atoms with Crippen molar-refractivity contribution in [2.24, 2.45) is 5.41 Å². The van der Waals surface area contributed by atoms with Gasteiger partial charge in [-0.15, -0.1) is 0 Å². The number of esters is 1. The molecule has 1 aromatic carbocycles. The minimum absolute atomic E-state index is 0.257. The molecule has 0 fully saturated rings. The van der Waals surface area contributed by atoms with Gasteiger partial charge in [0.25, 0.3) is 0 Å². The molecule has 0 aliphatic heterocycles. The summed E-state index contributed by atoms with van der Waals surface area (Å²) in [5.74, 6) is -0.319. The highest BCUT2D eigenvalue weighted by atomic mass is 16.5. The van der Waals surface area contributed by atoms with Gasteiger partial charge in [-0.1, -0.05) is 85.2 Å². The summed E-state index contributed by atoms with van der Waals surface area (Å²) in [6.07, 6.45) is 15.7. The van der Waals surface area contributed by atoms with Crippen molar-refractivity contribution in [3.63, 3.8) is 0 Å². The van der Waals surface area contributed by atoms with Crippen molar-refractivity contribution in [3.05, 3.63) is 94.1 Å². The van der Waals surface area contributed by atoms with E-state index >= 15 is 0 Å². The highest BCUT2D eigenvalue weighted by Crippen LogP contribution is 2.40. The fourth-order valence-corrected chi connectivity index (χ4v) is 3.75. The van der Waals surface area contributed by atoms with Crippen LogP contribution in [0.1, 0.15) is 65.0 Å². The fourth-order valence-electron chi connectivity index (χ4n) is 3.75. The number of aryl methyl sites for hydroxylation is 1. The molecule has 0 saturated heterocycles. The zero-order chi connectivity index (χ0) is 22.1. The van der Waals surface area contributed by atoms with Gasteiger partial charge in [-0.05, 0) is 69.1 Å². The normalized spacial score (nSPS) is 17.8. The molecular weight excluding hydrogens is 368 g/mol. The Hall–Kier alpha value is -2.61. The van der Waals surface area contributed by atoms with E-state index in [1.54, 1.807) is 0 Å². The Morgan fingerprint density at radius 1 is 1.07 bits per heavy atom. The van der Waals surface area contributed by atoms with E-state index in [0.717, 1.165) is 11.1 Å². The lowest BCUT2D eigenvalue weighted by Crippen LogP contribution is -2.19. The van der Waals surface area contributed by atoms with Gasteiger partial charge in [0.15, 0.2) is 0 Å². The SMILES string of the molecule is CC1=C(/C=C/C(C)=C/C=C/C(C)=C/C(=O)OCc2ccc(C)cc2)C(C)(C)CCC1. The second-order valence-electron chi connectivity index (χ2n) is 9.02. The Morgan fingerprint density at radius 3 is 2.43 bits per heavy atom. The van der Waals surface area contributed by atoms with E-state index < -0.39 is 0 Å². The third-order valence-electron chi connectivity index (χ3n) is 5.62. The first-order valence-corrected chi connectivity index (χ1v) is 10.8. The quantitative estimate of drug-likeness (QED) is 0.266. The lowest BCUT2D eigenvalue weighted by Gasteiger charge is -2.32. The maximum absolute atomic E-state index is 12.0. The van der Waals surface area contributed by atoms with Crippen LogP contribution in [0.3, 0.4) is 0 Å². The number of carbonyl (C=O) groups excluding carboxylic acids is 1. The lowest BCUT2D eigenvalue weighted by atomic mass is 9.72. The summed E-state index contributed by atoms with van der Waals surface area (Å²) < 4.78 is 5.32. The van der Waals surface area contributed by atoms with Crippen molar-refractivity contribution >= 4 is 5.97 Å². The zero-order valence-corrected chi connectivity index (χ0v) is 19.4. The van der Waals surface area contributed by atoms with E-state index in [2.05, 4.69) is 45.9 Å². The van der Waals surface area contributed by atoms with Gasteiger partial charge in [-0.2, -0.15) is 0 Å². The first kappa shape index (κ1) is 23.7. The minimum atomic E-state index is -0.319. The third-order valence-corrected chi connectivity index (χ3v) is 5.62. The van der Waals surface area contributed by atoms with Crippen molar-refractivity contribution in [2.45, 2.75) is 67.4 Å². The molecule has 0 spiro atoms. The van der Waals surface area contributed by atoms with Crippen LogP contribution in [0.2, 0.25) is 0 Å². The first-order valence-electron chi connectivity index (χ1n) is 10.8. The topological polar surface area (TPSA) is 26.3 Å². The maximum Gasteiger partial charge on any atom is 0.331 e. The van der Waals surface area contributed by atoms with Gasteiger partial charge in [-0.3, -0.25) is 0 Å². The second-order valence-corrected chi connectivity index (χ2v) is 9.02. The summed E-state index contributed by atoms with van der Waals surface area (Å²) in [4.78, 5) is 12.0. The van der Waals surface area contributed by atoms with E-state index in [1.807, 2.05) is 50.3 Å². The molecule has 160 valence electrons. The second kappa shape index (κ2) is 11.0. The van der Waals surface area contributed by atoms with E-state index in [4.69, 9.17) is 4.74 Å². The first-order chi connectivity index (χ1) is 14.2. The summed E-state index contributed by atoms with van der Waals surface area (Å²) >= 11 is 0. The standard InChI is InChI=1S/C28H36O2/c1-21(14-17-26-24(4)11-8-18-28(26,5)6)9-7-10-23(3)19-27(29)30-20-25-15-12-22(2)13-16-25/h7,9-10,12-17,19H,8,11,18,20H2,1-6H3/b10-7+,17-14+,21-9+,23-19+. The largest absolute Gasteiger partial charge is 0.458 e. The minimum Gasteiger partial charge on any atom is -0.458 e. The van der Waals surface area contributed by atoms with Gasteiger partial charge in [0.05, 0.1) is 0 Å². The molecular formula is C28H36O2. The molecule has 2 nitrogen and oxygen atoms in total. The number of benzene rings is 1. The van der Waals surface area contributed by atoms with Gasteiger partial charge in [0.1, 0.15) is 6.61 Å². The van der Waals surface area contributed by atoms with Crippen molar-refractivity contribution in [3.8, 4) is 0 Å². The molecule has 1 aromatic rings. The molecule has 30 heavy (non-hydrogen) atoms. The average Bonchev–Trinajstić information content (AvgIpc) is 2.66. The number of ether oxygens (including phenoxy) is 1. The van der Waals surface area contributed by atoms with E-state index in [0.29, 0.717) is 6.61 Å². The van der Waals surface area contributed by atoms with Gasteiger partial charge >= 0.3 is 5.97 Å². The van der Waals surface area contributed by atoms with Gasteiger partial charge in [0.2, 0.25) is 0 Å². The number of carbonyl (C=O) groups is 1. The number of hydrogen-bond donors (Lipinski definition) is 0. The third kappa shape index (κ3) is 7.67. The van der Waals surface area contributed by atoms with Crippen molar-refractivity contribution < 1.29 is 9.53 Å². The number of allylic oxidation sites excluding steroid dienone is 9. The van der Waals surface area contributed by atoms with Crippen molar-refractivity contribution in [1.29, 1.82) is 0 Å². The van der Waals surface area contributed by atoms with Crippen LogP contribution in [0.4, 0.5) is 0 Å². The molecule has 0 saturated carbocycles. The molecule has 0 bridgehead atoms. The van der Waals surface area contributed by atoms with Crippen LogP contribution >= 0.6 is 0 Å². The van der Waals surface area contributed by atoms with Gasteiger partial charge in [0, 0.05) is 6.08 Å². The molecule has 2 heteroatoms. The zero-order valence-electron chi connectivity index (χ0n) is 19.4. The summed E-state index contributed by atoms with van der Waals surface area (Å²) in [5, 5.41) is 0. The van der Waals surface area contributed by atoms with E-state index in [-0.39, 0.29) is 11.4 Å². The number of hydrogen-bond acceptors (Lipinski definition) is 2. The lowest BCUT2D eigenvalue weighted by molar-refractivity contribution is -0.139. The van der Waals surface area contributed by atoms with Crippen LogP contribution in [0.5, 0.6) is 0 Å². The molecule has 0 N–H and O–H groups in total. The molecule has 0 aromatic heterocycles. The molecule has 0 heterocycles. The Bertz CT molecular complexity index is 887. The predicted octanol–water partition coefficient (Wildman–Crippen LogP) is 7.57. The maximum atomic E-state index is 12.0. The Balaban J connectivity index is 1.89. The van der Waals surface area contributed by atoms with E-state index in [1.165, 1.54) is 47.6 Å². The predicted molar refractivity (Wildman–Crippen MR) is 127 cm³/mol. The molecule has 1 aliphatic carbocycles. The monoisotopic (exact) mass is 404 g/mol. The van der Waals surface area contributed by atoms with Crippen LogP contribution in [0.25, 0.3) is 0 Å². The van der Waals surface area contributed by atoms with Gasteiger partial charge < -0.3 is 4.74 Å². The summed E-state index contributed by atoms with van der Waals surface area (Å²) in [7, 11) is 0. The van der Waals surface area contributed by atoms with Crippen molar-refractivity contribution in [1.82, 2.24) is 0 Å². The van der Waals surface area contributed by atoms with Crippen molar-refractivity contribution in [2.75, 3.05) is 0 Å². The summed E-state index contributed by atoms with van der Waals surface area (Å²) in [6, 6.07) is 7.99. The Kier molecular flexibility index (Phi) is 8.65. The molecule has 1 aliphatic rings. The summed E-state index contributed by atoms with van der Waals surface area (Å²) in [5.41, 5.74) is 7.47. The molecule has 0 unspecified atom stereocenters. The fraction of sp³-hybridized carbons (Fsp3) is 0.393. The van der Waals surface area contributed by atoms with Gasteiger partial charge in [-0.25, -0.2) is 4.79 Å². The average molecular weight is 405 g/mol. The van der Waals surface area contributed by atoms with Crippen LogP contribution in [0, 0.1) is 12.3 Å². The Labute approximate surface area is 182 Å². The van der Waals surface area contributed by atoms with Crippen LogP contribution in [-0.4, -0.2) is 5.97 Å². The highest BCUT2D eigenvalue weighted by molar-refractivity contribution is 5.83. The van der Waals surface area contributed by atoms with Crippen LogP contribution < -0.4 is 0 Å². The molecule has 0 atom stereocenters. The van der Waals surface area contributed by atoms with Crippen LogP contribution in [-0.2, 0) is 16.1 Å². The molecule has 0 amide bonds. The number of rotatable bonds is 7. The summed E-state index contributed by atoms with van der Waals surface area (Å²) in [6.45, 7) is 13.3. The highest BCUT2D eigenvalue weighted by Gasteiger charge is 2.26. The van der Waals surface area contributed by atoms with E-state index in [9.17, 15) is 4.79 Å². The molecule has 2 rings (SSSR count). The Morgan fingerprint density at radius 2 is 1.77 bits per heavy atom. The molecule has 0 radical (unpaired) electrons.